The van der Waals surface area contributed by atoms with Crippen molar-refractivity contribution >= 4 is 10.9 Å². The van der Waals surface area contributed by atoms with E-state index in [0.717, 1.165) is 31.9 Å². The molecule has 1 aliphatic heterocycles. The topological polar surface area (TPSA) is 35.4 Å². The summed E-state index contributed by atoms with van der Waals surface area (Å²) in [7, 11) is 3.78. The van der Waals surface area contributed by atoms with E-state index in [2.05, 4.69) is 35.3 Å². The van der Waals surface area contributed by atoms with Gasteiger partial charge in [-0.1, -0.05) is 0 Å². The Bertz CT molecular complexity index is 569. The standard InChI is InChI=1S/C15H20N2O2/c1-17-9-13(14-10-19-7-3-6-16-14)12-8-11(18-2)4-5-15(12)17/h4-5,8-9,14,16H,3,6-7,10H2,1-2H3. The number of hydrogen-bond donors (Lipinski definition) is 1. The third-order valence-electron chi connectivity index (χ3n) is 3.74. The summed E-state index contributed by atoms with van der Waals surface area (Å²) in [5.41, 5.74) is 2.51. The zero-order valence-corrected chi connectivity index (χ0v) is 11.5. The van der Waals surface area contributed by atoms with E-state index < -0.39 is 0 Å². The Kier molecular flexibility index (Phi) is 3.44. The Morgan fingerprint density at radius 3 is 3.16 bits per heavy atom. The minimum absolute atomic E-state index is 0.262. The molecule has 2 aromatic rings. The molecule has 1 fully saturated rings. The highest BCUT2D eigenvalue weighted by atomic mass is 16.5. The van der Waals surface area contributed by atoms with Gasteiger partial charge in [-0.3, -0.25) is 0 Å². The molecule has 102 valence electrons. The van der Waals surface area contributed by atoms with Gasteiger partial charge in [-0.2, -0.15) is 0 Å². The van der Waals surface area contributed by atoms with Crippen molar-refractivity contribution in [2.45, 2.75) is 12.5 Å². The molecule has 1 aromatic heterocycles. The van der Waals surface area contributed by atoms with Crippen molar-refractivity contribution in [3.63, 3.8) is 0 Å². The van der Waals surface area contributed by atoms with Crippen molar-refractivity contribution in [2.75, 3.05) is 26.9 Å². The lowest BCUT2D eigenvalue weighted by molar-refractivity contribution is 0.132. The first-order chi connectivity index (χ1) is 9.29. The second kappa shape index (κ2) is 5.23. The van der Waals surface area contributed by atoms with Crippen LogP contribution in [-0.2, 0) is 11.8 Å². The van der Waals surface area contributed by atoms with Crippen LogP contribution in [0.2, 0.25) is 0 Å². The van der Waals surface area contributed by atoms with Crippen molar-refractivity contribution in [3.8, 4) is 5.75 Å². The molecule has 0 radical (unpaired) electrons. The molecular formula is C15H20N2O2. The third-order valence-corrected chi connectivity index (χ3v) is 3.74. The number of aromatic nitrogens is 1. The van der Waals surface area contributed by atoms with Crippen LogP contribution in [-0.4, -0.2) is 31.4 Å². The lowest BCUT2D eigenvalue weighted by Gasteiger charge is -2.14. The quantitative estimate of drug-likeness (QED) is 0.899. The van der Waals surface area contributed by atoms with Crippen molar-refractivity contribution in [1.29, 1.82) is 0 Å². The van der Waals surface area contributed by atoms with Crippen LogP contribution in [0, 0.1) is 0 Å². The number of ether oxygens (including phenoxy) is 2. The highest BCUT2D eigenvalue weighted by Gasteiger charge is 2.19. The van der Waals surface area contributed by atoms with Crippen LogP contribution in [0.15, 0.2) is 24.4 Å². The van der Waals surface area contributed by atoms with E-state index in [0.29, 0.717) is 0 Å². The zero-order valence-electron chi connectivity index (χ0n) is 11.5. The van der Waals surface area contributed by atoms with Crippen molar-refractivity contribution < 1.29 is 9.47 Å². The van der Waals surface area contributed by atoms with E-state index >= 15 is 0 Å². The highest BCUT2D eigenvalue weighted by Crippen LogP contribution is 2.30. The summed E-state index contributed by atoms with van der Waals surface area (Å²) < 4.78 is 13.2. The molecule has 0 amide bonds. The maximum atomic E-state index is 5.67. The third kappa shape index (κ3) is 2.33. The van der Waals surface area contributed by atoms with Gasteiger partial charge in [0.25, 0.3) is 0 Å². The summed E-state index contributed by atoms with van der Waals surface area (Å²) in [5.74, 6) is 0.898. The van der Waals surface area contributed by atoms with Gasteiger partial charge in [0.1, 0.15) is 5.75 Å². The van der Waals surface area contributed by atoms with Gasteiger partial charge in [0.2, 0.25) is 0 Å². The van der Waals surface area contributed by atoms with Crippen LogP contribution in [0.25, 0.3) is 10.9 Å². The number of rotatable bonds is 2. The van der Waals surface area contributed by atoms with Gasteiger partial charge in [0.05, 0.1) is 19.8 Å². The molecule has 4 nitrogen and oxygen atoms in total. The molecule has 0 aliphatic carbocycles. The number of fused-ring (bicyclic) bond motifs is 1. The van der Waals surface area contributed by atoms with Gasteiger partial charge in [0.15, 0.2) is 0 Å². The van der Waals surface area contributed by atoms with Gasteiger partial charge >= 0.3 is 0 Å². The molecule has 1 aliphatic rings. The number of nitrogens with zero attached hydrogens (tertiary/aromatic N) is 1. The number of hydrogen-bond acceptors (Lipinski definition) is 3. The molecular weight excluding hydrogens is 240 g/mol. The van der Waals surface area contributed by atoms with Crippen LogP contribution in [0.3, 0.4) is 0 Å². The molecule has 1 atom stereocenters. The van der Waals surface area contributed by atoms with E-state index in [9.17, 15) is 0 Å². The predicted molar refractivity (Wildman–Crippen MR) is 75.7 cm³/mol. The number of benzene rings is 1. The smallest absolute Gasteiger partial charge is 0.119 e. The van der Waals surface area contributed by atoms with Gasteiger partial charge in [-0.05, 0) is 36.7 Å². The molecule has 1 aromatic carbocycles. The van der Waals surface area contributed by atoms with E-state index in [1.54, 1.807) is 7.11 Å². The number of methoxy groups -OCH3 is 1. The molecule has 2 heterocycles. The fourth-order valence-corrected chi connectivity index (χ4v) is 2.72. The fourth-order valence-electron chi connectivity index (χ4n) is 2.72. The summed E-state index contributed by atoms with van der Waals surface area (Å²) in [6, 6.07) is 6.48. The zero-order chi connectivity index (χ0) is 13.2. The number of aryl methyl sites for hydroxylation is 1. The fraction of sp³-hybridized carbons (Fsp3) is 0.467. The summed E-state index contributed by atoms with van der Waals surface area (Å²) >= 11 is 0. The average Bonchev–Trinajstić information content (AvgIpc) is 2.64. The Labute approximate surface area is 113 Å². The van der Waals surface area contributed by atoms with Crippen molar-refractivity contribution in [3.05, 3.63) is 30.0 Å². The molecule has 19 heavy (non-hydrogen) atoms. The molecule has 0 bridgehead atoms. The van der Waals surface area contributed by atoms with E-state index in [4.69, 9.17) is 9.47 Å². The van der Waals surface area contributed by atoms with E-state index in [1.165, 1.54) is 16.5 Å². The highest BCUT2D eigenvalue weighted by molar-refractivity contribution is 5.85. The molecule has 1 N–H and O–H groups in total. The molecule has 4 heteroatoms. The maximum Gasteiger partial charge on any atom is 0.119 e. The second-order valence-corrected chi connectivity index (χ2v) is 5.01. The summed E-state index contributed by atoms with van der Waals surface area (Å²) in [5, 5.41) is 4.80. The van der Waals surface area contributed by atoms with Crippen molar-refractivity contribution in [1.82, 2.24) is 9.88 Å². The maximum absolute atomic E-state index is 5.67. The normalized spacial score (nSPS) is 20.4. The van der Waals surface area contributed by atoms with Crippen molar-refractivity contribution in [2.24, 2.45) is 7.05 Å². The summed E-state index contributed by atoms with van der Waals surface area (Å²) in [6.07, 6.45) is 3.26. The Morgan fingerprint density at radius 1 is 1.42 bits per heavy atom. The van der Waals surface area contributed by atoms with Crippen LogP contribution in [0.1, 0.15) is 18.0 Å². The molecule has 0 spiro atoms. The van der Waals surface area contributed by atoms with E-state index in [-0.39, 0.29) is 6.04 Å². The lowest BCUT2D eigenvalue weighted by atomic mass is 10.1. The van der Waals surface area contributed by atoms with Crippen LogP contribution in [0.5, 0.6) is 5.75 Å². The van der Waals surface area contributed by atoms with Crippen LogP contribution >= 0.6 is 0 Å². The van der Waals surface area contributed by atoms with Gasteiger partial charge in [-0.15, -0.1) is 0 Å². The first-order valence-corrected chi connectivity index (χ1v) is 6.73. The number of nitrogens with one attached hydrogen (secondary N) is 1. The Hall–Kier alpha value is -1.52. The molecule has 1 saturated heterocycles. The Balaban J connectivity index is 2.06. The van der Waals surface area contributed by atoms with Gasteiger partial charge in [-0.25, -0.2) is 0 Å². The minimum Gasteiger partial charge on any atom is -0.497 e. The monoisotopic (exact) mass is 260 g/mol. The first kappa shape index (κ1) is 12.5. The van der Waals surface area contributed by atoms with Crippen LogP contribution in [0.4, 0.5) is 0 Å². The summed E-state index contributed by atoms with van der Waals surface area (Å²) in [4.78, 5) is 0. The molecule has 1 unspecified atom stereocenters. The lowest BCUT2D eigenvalue weighted by Crippen LogP contribution is -2.23. The van der Waals surface area contributed by atoms with Crippen LogP contribution < -0.4 is 10.1 Å². The second-order valence-electron chi connectivity index (χ2n) is 5.01. The predicted octanol–water partition coefficient (Wildman–Crippen LogP) is 2.24. The van der Waals surface area contributed by atoms with Gasteiger partial charge < -0.3 is 19.4 Å². The summed E-state index contributed by atoms with van der Waals surface area (Å²) in [6.45, 7) is 2.58. The Morgan fingerprint density at radius 2 is 2.32 bits per heavy atom. The molecule has 0 saturated carbocycles. The van der Waals surface area contributed by atoms with Gasteiger partial charge in [0, 0.05) is 30.8 Å². The average molecular weight is 260 g/mol. The van der Waals surface area contributed by atoms with E-state index in [1.807, 2.05) is 6.07 Å². The SMILES string of the molecule is COc1ccc2c(c1)c(C1COCCCN1)cn2C. The molecule has 3 rings (SSSR count). The first-order valence-electron chi connectivity index (χ1n) is 6.73. The minimum atomic E-state index is 0.262. The largest absolute Gasteiger partial charge is 0.497 e.